The van der Waals surface area contributed by atoms with Gasteiger partial charge >= 0.3 is 0 Å². The Morgan fingerprint density at radius 3 is 2.53 bits per heavy atom. The molecule has 2 heteroatoms. The van der Waals surface area contributed by atoms with Crippen molar-refractivity contribution in [3.05, 3.63) is 42.0 Å². The zero-order valence-corrected chi connectivity index (χ0v) is 9.58. The molecule has 1 rings (SSSR count). The lowest BCUT2D eigenvalue weighted by molar-refractivity contribution is 0.0751. The molecular formula is C13H18O2. The van der Waals surface area contributed by atoms with Crippen molar-refractivity contribution in [2.45, 2.75) is 26.4 Å². The van der Waals surface area contributed by atoms with Crippen molar-refractivity contribution in [1.82, 2.24) is 0 Å². The maximum atomic E-state index is 9.93. The molecule has 1 N–H and O–H groups in total. The largest absolute Gasteiger partial charge is 0.489 e. The molecule has 0 spiro atoms. The lowest BCUT2D eigenvalue weighted by Crippen LogP contribution is -2.17. The van der Waals surface area contributed by atoms with Crippen LogP contribution in [0.25, 0.3) is 0 Å². The second-order valence-electron chi connectivity index (χ2n) is 4.30. The van der Waals surface area contributed by atoms with Gasteiger partial charge in [0.2, 0.25) is 0 Å². The van der Waals surface area contributed by atoms with Crippen molar-refractivity contribution in [1.29, 1.82) is 0 Å². The van der Waals surface area contributed by atoms with Gasteiger partial charge in [-0.1, -0.05) is 24.8 Å². The Morgan fingerprint density at radius 2 is 2.00 bits per heavy atom. The fraction of sp³-hybridized carbons (Fsp3) is 0.385. The third kappa shape index (κ3) is 3.40. The summed E-state index contributed by atoms with van der Waals surface area (Å²) in [6.07, 6.45) is 0. The van der Waals surface area contributed by atoms with Gasteiger partial charge in [-0.3, -0.25) is 0 Å². The van der Waals surface area contributed by atoms with E-state index >= 15 is 0 Å². The van der Waals surface area contributed by atoms with E-state index in [-0.39, 0.29) is 0 Å². The maximum absolute atomic E-state index is 9.93. The highest BCUT2D eigenvalue weighted by Crippen LogP contribution is 2.29. The van der Waals surface area contributed by atoms with Crippen LogP contribution in [0, 0.1) is 0 Å². The Balaban J connectivity index is 2.92. The van der Waals surface area contributed by atoms with Crippen LogP contribution in [0.4, 0.5) is 0 Å². The van der Waals surface area contributed by atoms with Gasteiger partial charge in [0.1, 0.15) is 12.4 Å². The molecule has 0 aromatic heterocycles. The standard InChI is InChI=1S/C13H18O2/c1-10(2)9-15-12-8-6-5-7-11(12)13(3,4)14/h5-8,14H,1,9H2,2-4H3. The van der Waals surface area contributed by atoms with Crippen molar-refractivity contribution in [3.63, 3.8) is 0 Å². The van der Waals surface area contributed by atoms with Gasteiger partial charge in [0.05, 0.1) is 5.60 Å². The molecular weight excluding hydrogens is 188 g/mol. The van der Waals surface area contributed by atoms with E-state index in [0.29, 0.717) is 12.4 Å². The highest BCUT2D eigenvalue weighted by atomic mass is 16.5. The lowest BCUT2D eigenvalue weighted by Gasteiger charge is -2.21. The van der Waals surface area contributed by atoms with Gasteiger partial charge in [-0.05, 0) is 32.4 Å². The Labute approximate surface area is 91.2 Å². The summed E-state index contributed by atoms with van der Waals surface area (Å²) in [5, 5.41) is 9.93. The van der Waals surface area contributed by atoms with Gasteiger partial charge in [-0.25, -0.2) is 0 Å². The molecule has 0 aliphatic rings. The van der Waals surface area contributed by atoms with E-state index in [2.05, 4.69) is 6.58 Å². The van der Waals surface area contributed by atoms with Crippen molar-refractivity contribution in [2.24, 2.45) is 0 Å². The Hall–Kier alpha value is -1.28. The van der Waals surface area contributed by atoms with E-state index in [4.69, 9.17) is 4.74 Å². The van der Waals surface area contributed by atoms with Crippen LogP contribution >= 0.6 is 0 Å². The van der Waals surface area contributed by atoms with Crippen LogP contribution in [-0.2, 0) is 5.60 Å². The maximum Gasteiger partial charge on any atom is 0.125 e. The van der Waals surface area contributed by atoms with Crippen LogP contribution in [-0.4, -0.2) is 11.7 Å². The first-order valence-corrected chi connectivity index (χ1v) is 5.00. The van der Waals surface area contributed by atoms with Gasteiger partial charge < -0.3 is 9.84 Å². The summed E-state index contributed by atoms with van der Waals surface area (Å²) in [4.78, 5) is 0. The van der Waals surface area contributed by atoms with Crippen molar-refractivity contribution >= 4 is 0 Å². The van der Waals surface area contributed by atoms with E-state index in [1.54, 1.807) is 13.8 Å². The first-order valence-electron chi connectivity index (χ1n) is 5.00. The molecule has 0 atom stereocenters. The third-order valence-corrected chi connectivity index (χ3v) is 2.02. The fourth-order valence-corrected chi connectivity index (χ4v) is 1.30. The molecule has 1 aromatic carbocycles. The number of ether oxygens (including phenoxy) is 1. The van der Waals surface area contributed by atoms with E-state index in [1.807, 2.05) is 31.2 Å². The van der Waals surface area contributed by atoms with Crippen LogP contribution in [0.1, 0.15) is 26.3 Å². The molecule has 82 valence electrons. The number of hydrogen-bond acceptors (Lipinski definition) is 2. The normalized spacial score (nSPS) is 11.2. The lowest BCUT2D eigenvalue weighted by atomic mass is 9.97. The molecule has 0 bridgehead atoms. The summed E-state index contributed by atoms with van der Waals surface area (Å²) in [6.45, 7) is 9.66. The quantitative estimate of drug-likeness (QED) is 0.767. The topological polar surface area (TPSA) is 29.5 Å². The number of hydrogen-bond donors (Lipinski definition) is 1. The van der Waals surface area contributed by atoms with Gasteiger partial charge in [0, 0.05) is 5.56 Å². The Morgan fingerprint density at radius 1 is 1.40 bits per heavy atom. The monoisotopic (exact) mass is 206 g/mol. The molecule has 0 aliphatic carbocycles. The molecule has 2 nitrogen and oxygen atoms in total. The molecule has 0 fully saturated rings. The molecule has 0 radical (unpaired) electrons. The first-order chi connectivity index (χ1) is 6.91. The third-order valence-electron chi connectivity index (χ3n) is 2.02. The molecule has 0 saturated carbocycles. The van der Waals surface area contributed by atoms with Crippen LogP contribution in [0.15, 0.2) is 36.4 Å². The zero-order chi connectivity index (χ0) is 11.5. The van der Waals surface area contributed by atoms with Gasteiger partial charge in [-0.15, -0.1) is 0 Å². The number of benzene rings is 1. The number of rotatable bonds is 4. The second kappa shape index (κ2) is 4.49. The molecule has 15 heavy (non-hydrogen) atoms. The minimum atomic E-state index is -0.883. The zero-order valence-electron chi connectivity index (χ0n) is 9.58. The summed E-state index contributed by atoms with van der Waals surface area (Å²) in [6, 6.07) is 7.51. The highest BCUT2D eigenvalue weighted by Gasteiger charge is 2.20. The number of aliphatic hydroxyl groups is 1. The average Bonchev–Trinajstić information content (AvgIpc) is 2.13. The van der Waals surface area contributed by atoms with E-state index in [1.165, 1.54) is 0 Å². The molecule has 0 heterocycles. The van der Waals surface area contributed by atoms with Crippen molar-refractivity contribution in [3.8, 4) is 5.75 Å². The highest BCUT2D eigenvalue weighted by molar-refractivity contribution is 5.37. The predicted molar refractivity (Wildman–Crippen MR) is 62.0 cm³/mol. The molecule has 1 aromatic rings. The Kier molecular flexibility index (Phi) is 3.53. The Bertz CT molecular complexity index is 348. The second-order valence-corrected chi connectivity index (χ2v) is 4.30. The molecule has 0 amide bonds. The minimum absolute atomic E-state index is 0.479. The SMILES string of the molecule is C=C(C)COc1ccccc1C(C)(C)O. The first kappa shape index (κ1) is 11.8. The smallest absolute Gasteiger partial charge is 0.125 e. The summed E-state index contributed by atoms with van der Waals surface area (Å²) >= 11 is 0. The molecule has 0 aliphatic heterocycles. The van der Waals surface area contributed by atoms with Crippen LogP contribution in [0.5, 0.6) is 5.75 Å². The molecule has 0 saturated heterocycles. The van der Waals surface area contributed by atoms with Crippen LogP contribution < -0.4 is 4.74 Å². The van der Waals surface area contributed by atoms with Gasteiger partial charge in [0.25, 0.3) is 0 Å². The summed E-state index contributed by atoms with van der Waals surface area (Å²) in [7, 11) is 0. The fourth-order valence-electron chi connectivity index (χ4n) is 1.30. The average molecular weight is 206 g/mol. The van der Waals surface area contributed by atoms with Gasteiger partial charge in [0.15, 0.2) is 0 Å². The summed E-state index contributed by atoms with van der Waals surface area (Å²) in [5.74, 6) is 0.716. The van der Waals surface area contributed by atoms with Crippen LogP contribution in [0.2, 0.25) is 0 Å². The summed E-state index contributed by atoms with van der Waals surface area (Å²) in [5.41, 5.74) is 0.873. The van der Waals surface area contributed by atoms with Gasteiger partial charge in [-0.2, -0.15) is 0 Å². The van der Waals surface area contributed by atoms with Crippen molar-refractivity contribution < 1.29 is 9.84 Å². The predicted octanol–water partition coefficient (Wildman–Crippen LogP) is 2.87. The number of para-hydroxylation sites is 1. The summed E-state index contributed by atoms with van der Waals surface area (Å²) < 4.78 is 5.57. The van der Waals surface area contributed by atoms with E-state index in [0.717, 1.165) is 11.1 Å². The minimum Gasteiger partial charge on any atom is -0.489 e. The van der Waals surface area contributed by atoms with Crippen LogP contribution in [0.3, 0.4) is 0 Å². The van der Waals surface area contributed by atoms with Crippen molar-refractivity contribution in [2.75, 3.05) is 6.61 Å². The molecule has 0 unspecified atom stereocenters. The van der Waals surface area contributed by atoms with E-state index < -0.39 is 5.60 Å². The van der Waals surface area contributed by atoms with E-state index in [9.17, 15) is 5.11 Å².